The molecule has 0 aliphatic heterocycles. The fraction of sp³-hybridized carbons (Fsp3) is 0.154. The molecule has 0 unspecified atom stereocenters. The molecule has 106 valence electrons. The van der Waals surface area contributed by atoms with Crippen LogP contribution < -0.4 is 10.0 Å². The molecule has 0 aliphatic carbocycles. The fourth-order valence-corrected chi connectivity index (χ4v) is 2.62. The van der Waals surface area contributed by atoms with E-state index in [1.54, 1.807) is 18.3 Å². The maximum atomic E-state index is 11.1. The molecule has 0 fully saturated rings. The van der Waals surface area contributed by atoms with Crippen molar-refractivity contribution in [2.75, 3.05) is 16.3 Å². The number of rotatable bonds is 4. The highest BCUT2D eigenvalue weighted by Crippen LogP contribution is 2.23. The number of nitrogens with one attached hydrogen (secondary N) is 2. The summed E-state index contributed by atoms with van der Waals surface area (Å²) in [7, 11) is -3.30. The standard InChI is InChI=1S/C13H14BrN3O2S/c1-9-7-10(14)3-5-12(9)16-11-4-6-13(15-8-11)17-20(2,18)19/h3-8,16H,1-2H3,(H,15,17). The van der Waals surface area contributed by atoms with Crippen LogP contribution in [0.4, 0.5) is 17.2 Å². The van der Waals surface area contributed by atoms with Gasteiger partial charge >= 0.3 is 0 Å². The van der Waals surface area contributed by atoms with Gasteiger partial charge in [0, 0.05) is 10.2 Å². The number of pyridine rings is 1. The molecule has 2 aromatic rings. The monoisotopic (exact) mass is 355 g/mol. The van der Waals surface area contributed by atoms with Gasteiger partial charge in [-0.05, 0) is 42.8 Å². The summed E-state index contributed by atoms with van der Waals surface area (Å²) in [6.45, 7) is 2.00. The summed E-state index contributed by atoms with van der Waals surface area (Å²) >= 11 is 3.41. The van der Waals surface area contributed by atoms with Crippen molar-refractivity contribution in [3.05, 3.63) is 46.6 Å². The quantitative estimate of drug-likeness (QED) is 0.882. The Hall–Kier alpha value is -1.60. The van der Waals surface area contributed by atoms with Gasteiger partial charge in [0.25, 0.3) is 0 Å². The lowest BCUT2D eigenvalue weighted by atomic mass is 10.2. The third-order valence-corrected chi connectivity index (χ3v) is 3.59. The number of aromatic nitrogens is 1. The maximum Gasteiger partial charge on any atom is 0.230 e. The predicted molar refractivity (Wildman–Crippen MR) is 84.9 cm³/mol. The number of halogens is 1. The third-order valence-electron chi connectivity index (χ3n) is 2.52. The molecule has 0 saturated carbocycles. The Bertz CT molecular complexity index is 715. The first-order valence-corrected chi connectivity index (χ1v) is 8.49. The molecule has 0 bridgehead atoms. The number of aryl methyl sites for hydroxylation is 1. The highest BCUT2D eigenvalue weighted by molar-refractivity contribution is 9.10. The lowest BCUT2D eigenvalue weighted by Crippen LogP contribution is -2.10. The molecule has 0 radical (unpaired) electrons. The van der Waals surface area contributed by atoms with Gasteiger partial charge in [0.05, 0.1) is 18.1 Å². The van der Waals surface area contributed by atoms with Crippen molar-refractivity contribution in [2.45, 2.75) is 6.92 Å². The summed E-state index contributed by atoms with van der Waals surface area (Å²) in [5, 5.41) is 3.23. The summed E-state index contributed by atoms with van der Waals surface area (Å²) in [6, 6.07) is 9.29. The van der Waals surface area contributed by atoms with Crippen LogP contribution in [0.3, 0.4) is 0 Å². The van der Waals surface area contributed by atoms with Crippen LogP contribution in [0, 0.1) is 6.92 Å². The van der Waals surface area contributed by atoms with E-state index in [2.05, 4.69) is 31.0 Å². The number of hydrogen-bond acceptors (Lipinski definition) is 4. The Morgan fingerprint density at radius 2 is 1.95 bits per heavy atom. The van der Waals surface area contributed by atoms with Gasteiger partial charge in [0.15, 0.2) is 0 Å². The fourth-order valence-electron chi connectivity index (χ4n) is 1.64. The van der Waals surface area contributed by atoms with Crippen molar-refractivity contribution in [3.63, 3.8) is 0 Å². The minimum Gasteiger partial charge on any atom is -0.354 e. The van der Waals surface area contributed by atoms with Gasteiger partial charge in [0.2, 0.25) is 10.0 Å². The van der Waals surface area contributed by atoms with Gasteiger partial charge in [-0.25, -0.2) is 13.4 Å². The van der Waals surface area contributed by atoms with Crippen LogP contribution in [0.2, 0.25) is 0 Å². The molecule has 0 saturated heterocycles. The number of sulfonamides is 1. The first kappa shape index (κ1) is 14.8. The van der Waals surface area contributed by atoms with E-state index >= 15 is 0 Å². The zero-order valence-corrected chi connectivity index (χ0v) is 13.4. The van der Waals surface area contributed by atoms with E-state index in [4.69, 9.17) is 0 Å². The van der Waals surface area contributed by atoms with E-state index in [1.807, 2.05) is 25.1 Å². The number of nitrogens with zero attached hydrogens (tertiary/aromatic N) is 1. The summed E-state index contributed by atoms with van der Waals surface area (Å²) in [6.07, 6.45) is 2.67. The molecule has 1 heterocycles. The maximum absolute atomic E-state index is 11.1. The van der Waals surface area contributed by atoms with Gasteiger partial charge in [0.1, 0.15) is 5.82 Å². The van der Waals surface area contributed by atoms with Crippen LogP contribution in [0.25, 0.3) is 0 Å². The van der Waals surface area contributed by atoms with Gasteiger partial charge in [-0.3, -0.25) is 4.72 Å². The largest absolute Gasteiger partial charge is 0.354 e. The Labute approximate surface area is 126 Å². The smallest absolute Gasteiger partial charge is 0.230 e. The molecule has 0 amide bonds. The number of anilines is 3. The van der Waals surface area contributed by atoms with E-state index in [0.29, 0.717) is 5.82 Å². The Balaban J connectivity index is 2.14. The van der Waals surface area contributed by atoms with Gasteiger partial charge < -0.3 is 5.32 Å². The normalized spacial score (nSPS) is 11.2. The molecule has 0 aliphatic rings. The van der Waals surface area contributed by atoms with Crippen molar-refractivity contribution < 1.29 is 8.42 Å². The van der Waals surface area contributed by atoms with Crippen molar-refractivity contribution in [3.8, 4) is 0 Å². The zero-order chi connectivity index (χ0) is 14.8. The van der Waals surface area contributed by atoms with E-state index in [9.17, 15) is 8.42 Å². The molecule has 0 spiro atoms. The van der Waals surface area contributed by atoms with Crippen molar-refractivity contribution in [2.24, 2.45) is 0 Å². The summed E-state index contributed by atoms with van der Waals surface area (Å²) in [4.78, 5) is 4.05. The van der Waals surface area contributed by atoms with Crippen LogP contribution >= 0.6 is 15.9 Å². The highest BCUT2D eigenvalue weighted by atomic mass is 79.9. The van der Waals surface area contributed by atoms with Crippen LogP contribution in [0.15, 0.2) is 41.0 Å². The molecule has 2 rings (SSSR count). The molecule has 5 nitrogen and oxygen atoms in total. The minimum absolute atomic E-state index is 0.297. The first-order chi connectivity index (χ1) is 9.33. The van der Waals surface area contributed by atoms with Crippen LogP contribution in [0.1, 0.15) is 5.56 Å². The van der Waals surface area contributed by atoms with Gasteiger partial charge in [-0.15, -0.1) is 0 Å². The lowest BCUT2D eigenvalue weighted by Gasteiger charge is -2.10. The molecule has 1 aromatic heterocycles. The zero-order valence-electron chi connectivity index (χ0n) is 11.0. The van der Waals surface area contributed by atoms with E-state index in [0.717, 1.165) is 27.7 Å². The topological polar surface area (TPSA) is 71.1 Å². The second kappa shape index (κ2) is 5.80. The average molecular weight is 356 g/mol. The number of hydrogen-bond donors (Lipinski definition) is 2. The second-order valence-corrected chi connectivity index (χ2v) is 7.05. The Morgan fingerprint density at radius 3 is 2.50 bits per heavy atom. The van der Waals surface area contributed by atoms with Crippen LogP contribution in [0.5, 0.6) is 0 Å². The minimum atomic E-state index is -3.30. The van der Waals surface area contributed by atoms with Crippen molar-refractivity contribution in [1.29, 1.82) is 0 Å². The SMILES string of the molecule is Cc1cc(Br)ccc1Nc1ccc(NS(C)(=O)=O)nc1. The van der Waals surface area contributed by atoms with E-state index in [1.165, 1.54) is 0 Å². The summed E-state index contributed by atoms with van der Waals surface area (Å²) < 4.78 is 25.5. The molecular weight excluding hydrogens is 342 g/mol. The average Bonchev–Trinajstić information content (AvgIpc) is 2.33. The van der Waals surface area contributed by atoms with Crippen molar-refractivity contribution in [1.82, 2.24) is 4.98 Å². The van der Waals surface area contributed by atoms with Crippen LogP contribution in [-0.2, 0) is 10.0 Å². The summed E-state index contributed by atoms with van der Waals surface area (Å²) in [5.74, 6) is 0.297. The number of benzene rings is 1. The molecule has 1 aromatic carbocycles. The Kier molecular flexibility index (Phi) is 4.29. The molecule has 7 heteroatoms. The predicted octanol–water partition coefficient (Wildman–Crippen LogP) is 3.27. The van der Waals surface area contributed by atoms with E-state index in [-0.39, 0.29) is 0 Å². The third kappa shape index (κ3) is 4.21. The highest BCUT2D eigenvalue weighted by Gasteiger charge is 2.04. The molecular formula is C13H14BrN3O2S. The second-order valence-electron chi connectivity index (χ2n) is 4.39. The van der Waals surface area contributed by atoms with Crippen LogP contribution in [-0.4, -0.2) is 19.7 Å². The van der Waals surface area contributed by atoms with Crippen molar-refractivity contribution >= 4 is 43.1 Å². The summed E-state index contributed by atoms with van der Waals surface area (Å²) in [5.41, 5.74) is 2.85. The first-order valence-electron chi connectivity index (χ1n) is 5.80. The molecule has 20 heavy (non-hydrogen) atoms. The van der Waals surface area contributed by atoms with Gasteiger partial charge in [-0.2, -0.15) is 0 Å². The Morgan fingerprint density at radius 1 is 1.20 bits per heavy atom. The molecule has 0 atom stereocenters. The van der Waals surface area contributed by atoms with E-state index < -0.39 is 10.0 Å². The molecule has 2 N–H and O–H groups in total. The van der Waals surface area contributed by atoms with Gasteiger partial charge in [-0.1, -0.05) is 15.9 Å². The lowest BCUT2D eigenvalue weighted by molar-refractivity contribution is 0.606.